The lowest BCUT2D eigenvalue weighted by Gasteiger charge is -2.20. The smallest absolute Gasteiger partial charge is 0.261 e. The van der Waals surface area contributed by atoms with Gasteiger partial charge < -0.3 is 9.05 Å². The zero-order valence-corrected chi connectivity index (χ0v) is 15.9. The van der Waals surface area contributed by atoms with Gasteiger partial charge in [0.05, 0.1) is 13.2 Å². The lowest BCUT2D eigenvalue weighted by atomic mass is 10.0. The second kappa shape index (κ2) is 9.42. The summed E-state index contributed by atoms with van der Waals surface area (Å²) in [5, 5.41) is 3.42. The molecule has 1 aliphatic heterocycles. The van der Waals surface area contributed by atoms with Crippen molar-refractivity contribution in [3.8, 4) is 0 Å². The monoisotopic (exact) mass is 333 g/mol. The Hall–Kier alpha value is 0.270. The van der Waals surface area contributed by atoms with Gasteiger partial charge in [-0.05, 0) is 56.8 Å². The summed E-state index contributed by atoms with van der Waals surface area (Å²) < 4.78 is 11.6. The van der Waals surface area contributed by atoms with Crippen LogP contribution in [0.25, 0.3) is 0 Å². The molecule has 0 radical (unpaired) electrons. The molecule has 0 amide bonds. The van der Waals surface area contributed by atoms with E-state index in [4.69, 9.17) is 20.9 Å². The molecule has 5 heteroatoms. The Morgan fingerprint density at radius 1 is 1.43 bits per heavy atom. The summed E-state index contributed by atoms with van der Waals surface area (Å²) in [6.07, 6.45) is 6.85. The molecule has 1 saturated heterocycles. The van der Waals surface area contributed by atoms with E-state index in [0.29, 0.717) is 31.1 Å². The maximum absolute atomic E-state index is 5.89. The van der Waals surface area contributed by atoms with E-state index in [2.05, 4.69) is 45.8 Å². The van der Waals surface area contributed by atoms with E-state index in [9.17, 15) is 0 Å². The van der Waals surface area contributed by atoms with Crippen molar-refractivity contribution >= 4 is 18.4 Å². The molecule has 4 atom stereocenters. The molecule has 0 aromatic heterocycles. The second-order valence-electron chi connectivity index (χ2n) is 6.50. The fraction of sp³-hybridized carbons (Fsp3) is 0.875. The summed E-state index contributed by atoms with van der Waals surface area (Å²) in [6, 6.07) is 0.357. The molecule has 3 nitrogen and oxygen atoms in total. The minimum absolute atomic E-state index is 0.357. The first-order chi connectivity index (χ1) is 9.86. The second-order valence-corrected chi connectivity index (χ2v) is 9.71. The van der Waals surface area contributed by atoms with Crippen LogP contribution in [0.2, 0.25) is 0 Å². The first-order valence-electron chi connectivity index (χ1n) is 8.16. The molecular weight excluding hydrogens is 301 g/mol. The molecule has 1 aliphatic rings. The van der Waals surface area contributed by atoms with Crippen LogP contribution in [0.1, 0.15) is 60.3 Å². The molecule has 0 bridgehead atoms. The van der Waals surface area contributed by atoms with E-state index in [1.54, 1.807) is 0 Å². The molecule has 0 aromatic rings. The highest BCUT2D eigenvalue weighted by atomic mass is 32.5. The number of hydrogen-bond donors (Lipinski definition) is 1. The van der Waals surface area contributed by atoms with Crippen LogP contribution < -0.4 is 5.09 Å². The Bertz CT molecular complexity index is 382. The highest BCUT2D eigenvalue weighted by Crippen LogP contribution is 2.50. The summed E-state index contributed by atoms with van der Waals surface area (Å²) in [6.45, 7) is 10.2. The third-order valence-corrected chi connectivity index (χ3v) is 6.77. The van der Waals surface area contributed by atoms with Gasteiger partial charge in [-0.2, -0.15) is 0 Å². The predicted molar refractivity (Wildman–Crippen MR) is 95.0 cm³/mol. The van der Waals surface area contributed by atoms with Gasteiger partial charge in [0.1, 0.15) is 0 Å². The maximum atomic E-state index is 5.89. The van der Waals surface area contributed by atoms with Crippen molar-refractivity contribution in [2.75, 3.05) is 13.2 Å². The highest BCUT2D eigenvalue weighted by Gasteiger charge is 2.34. The van der Waals surface area contributed by atoms with Crippen LogP contribution in [-0.2, 0) is 20.9 Å². The zero-order valence-electron chi connectivity index (χ0n) is 14.2. The van der Waals surface area contributed by atoms with Gasteiger partial charge in [0.25, 0.3) is 6.64 Å². The van der Waals surface area contributed by atoms with Gasteiger partial charge in [-0.3, -0.25) is 0 Å². The minimum Gasteiger partial charge on any atom is -0.318 e. The van der Waals surface area contributed by atoms with Crippen molar-refractivity contribution in [1.29, 1.82) is 0 Å². The lowest BCUT2D eigenvalue weighted by molar-refractivity contribution is 0.243. The van der Waals surface area contributed by atoms with Crippen molar-refractivity contribution in [3.05, 3.63) is 11.6 Å². The van der Waals surface area contributed by atoms with Crippen LogP contribution in [0.4, 0.5) is 0 Å². The topological polar surface area (TPSA) is 30.5 Å². The summed E-state index contributed by atoms with van der Waals surface area (Å²) in [4.78, 5) is 0. The van der Waals surface area contributed by atoms with Crippen molar-refractivity contribution in [1.82, 2.24) is 5.09 Å². The van der Waals surface area contributed by atoms with Gasteiger partial charge >= 0.3 is 0 Å². The van der Waals surface area contributed by atoms with Crippen LogP contribution in [0, 0.1) is 11.8 Å². The molecule has 0 saturated carbocycles. The molecule has 0 aliphatic carbocycles. The van der Waals surface area contributed by atoms with E-state index in [1.165, 1.54) is 12.0 Å². The van der Waals surface area contributed by atoms with Gasteiger partial charge in [0.15, 0.2) is 0 Å². The average Bonchev–Trinajstić information content (AvgIpc) is 2.80. The largest absolute Gasteiger partial charge is 0.318 e. The van der Waals surface area contributed by atoms with Crippen LogP contribution >= 0.6 is 6.64 Å². The molecule has 0 aromatic carbocycles. The molecule has 124 valence electrons. The third-order valence-electron chi connectivity index (χ3n) is 4.16. The fourth-order valence-corrected chi connectivity index (χ4v) is 4.76. The third kappa shape index (κ3) is 7.38. The molecule has 1 rings (SSSR count). The van der Waals surface area contributed by atoms with Crippen LogP contribution in [0.3, 0.4) is 0 Å². The Balaban J connectivity index is 2.23. The number of nitrogens with one attached hydrogen (secondary N) is 1. The summed E-state index contributed by atoms with van der Waals surface area (Å²) >= 11 is 5.53. The number of rotatable bonds is 9. The van der Waals surface area contributed by atoms with E-state index in [1.807, 2.05) is 0 Å². The standard InChI is InChI=1S/C16H32NO2PS/c1-6-15(5)16-12-19-20(21,17-16)18-11-10-14(4)9-7-8-13(2)3/h8,14-16H,6-7,9-12H2,1-5H3,(H,17,21)/t14?,15-,16+,20?/m0/s1. The van der Waals surface area contributed by atoms with E-state index in [0.717, 1.165) is 19.3 Å². The van der Waals surface area contributed by atoms with Crippen molar-refractivity contribution in [2.24, 2.45) is 11.8 Å². The zero-order chi connectivity index (χ0) is 15.9. The SMILES string of the molecule is CC[C@H](C)[C@H]1COP(=S)(OCCC(C)CCC=C(C)C)N1. The molecular formula is C16H32NO2PS. The summed E-state index contributed by atoms with van der Waals surface area (Å²) in [5.41, 5.74) is 1.40. The molecule has 0 spiro atoms. The van der Waals surface area contributed by atoms with E-state index < -0.39 is 6.64 Å². The van der Waals surface area contributed by atoms with Crippen molar-refractivity contribution < 1.29 is 9.05 Å². The highest BCUT2D eigenvalue weighted by molar-refractivity contribution is 8.09. The molecule has 21 heavy (non-hydrogen) atoms. The van der Waals surface area contributed by atoms with Gasteiger partial charge in [-0.1, -0.05) is 38.8 Å². The van der Waals surface area contributed by atoms with Gasteiger partial charge in [0, 0.05) is 6.04 Å². The van der Waals surface area contributed by atoms with Crippen molar-refractivity contribution in [2.45, 2.75) is 66.3 Å². The summed E-state index contributed by atoms with van der Waals surface area (Å²) in [5.74, 6) is 1.25. The minimum atomic E-state index is -2.22. The van der Waals surface area contributed by atoms with E-state index >= 15 is 0 Å². The number of hydrogen-bond acceptors (Lipinski definition) is 3. The quantitative estimate of drug-likeness (QED) is 0.473. The van der Waals surface area contributed by atoms with Gasteiger partial charge in [-0.25, -0.2) is 5.09 Å². The Morgan fingerprint density at radius 2 is 2.14 bits per heavy atom. The lowest BCUT2D eigenvalue weighted by Crippen LogP contribution is -2.29. The fourth-order valence-electron chi connectivity index (χ4n) is 2.28. The maximum Gasteiger partial charge on any atom is 0.261 e. The Labute approximate surface area is 136 Å². The Morgan fingerprint density at radius 3 is 2.76 bits per heavy atom. The molecule has 2 unspecified atom stereocenters. The van der Waals surface area contributed by atoms with Gasteiger partial charge in [0.2, 0.25) is 0 Å². The summed E-state index contributed by atoms with van der Waals surface area (Å²) in [7, 11) is 0. The first kappa shape index (κ1) is 19.3. The normalized spacial score (nSPS) is 28.3. The first-order valence-corrected chi connectivity index (χ1v) is 10.8. The van der Waals surface area contributed by atoms with E-state index in [-0.39, 0.29) is 0 Å². The van der Waals surface area contributed by atoms with Crippen LogP contribution in [-0.4, -0.2) is 19.3 Å². The van der Waals surface area contributed by atoms with Crippen molar-refractivity contribution in [3.63, 3.8) is 0 Å². The van der Waals surface area contributed by atoms with Crippen LogP contribution in [0.5, 0.6) is 0 Å². The van der Waals surface area contributed by atoms with Gasteiger partial charge in [-0.15, -0.1) is 0 Å². The molecule has 1 N–H and O–H groups in total. The molecule has 1 fully saturated rings. The predicted octanol–water partition coefficient (Wildman–Crippen LogP) is 5.03. The number of allylic oxidation sites excluding steroid dienone is 2. The average molecular weight is 333 g/mol. The Kier molecular flexibility index (Phi) is 8.66. The molecule has 1 heterocycles. The van der Waals surface area contributed by atoms with Crippen LogP contribution in [0.15, 0.2) is 11.6 Å².